The summed E-state index contributed by atoms with van der Waals surface area (Å²) < 4.78 is 11.0. The number of carbonyl (C=O) groups is 4. The van der Waals surface area contributed by atoms with Crippen molar-refractivity contribution in [3.8, 4) is 22.3 Å². The van der Waals surface area contributed by atoms with E-state index in [0.29, 0.717) is 76.8 Å². The van der Waals surface area contributed by atoms with Gasteiger partial charge in [0, 0.05) is 39.5 Å². The number of ether oxygens (including phenoxy) is 2. The molecule has 10 rings (SSSR count). The first kappa shape index (κ1) is 41.5. The summed E-state index contributed by atoms with van der Waals surface area (Å²) in [6.07, 6.45) is 3.21. The Labute approximate surface area is 368 Å². The molecule has 16 heteroatoms. The van der Waals surface area contributed by atoms with E-state index in [0.717, 1.165) is 80.8 Å². The second kappa shape index (κ2) is 17.6. The van der Waals surface area contributed by atoms with Gasteiger partial charge in [0.05, 0.1) is 34.2 Å². The molecule has 0 radical (unpaired) electrons. The molecule has 4 saturated heterocycles. The minimum Gasteiger partial charge on any atom is -0.465 e. The minimum atomic E-state index is -1.20. The molecular formula is C48H52N8O8. The number of imidazole rings is 2. The molecule has 0 bridgehead atoms. The first-order valence-corrected chi connectivity index (χ1v) is 22.5. The Morgan fingerprint density at radius 1 is 0.562 bits per heavy atom. The summed E-state index contributed by atoms with van der Waals surface area (Å²) in [5, 5.41) is 26.4. The van der Waals surface area contributed by atoms with Crippen LogP contribution < -0.4 is 10.6 Å². The largest absolute Gasteiger partial charge is 0.465 e. The number of aromatic nitrogens is 4. The maximum Gasteiger partial charge on any atom is 0.405 e. The fourth-order valence-electron chi connectivity index (χ4n) is 10.5. The van der Waals surface area contributed by atoms with Crippen molar-refractivity contribution in [3.05, 3.63) is 84.4 Å². The Morgan fingerprint density at radius 3 is 1.36 bits per heavy atom. The number of aromatic amines is 2. The van der Waals surface area contributed by atoms with Crippen LogP contribution in [0.15, 0.2) is 72.8 Å². The zero-order chi connectivity index (χ0) is 43.9. The smallest absolute Gasteiger partial charge is 0.405 e. The van der Waals surface area contributed by atoms with E-state index in [1.54, 1.807) is 9.80 Å². The Balaban J connectivity index is 0.851. The van der Waals surface area contributed by atoms with Crippen molar-refractivity contribution in [3.63, 3.8) is 0 Å². The van der Waals surface area contributed by atoms with Crippen molar-refractivity contribution in [2.75, 3.05) is 39.5 Å². The van der Waals surface area contributed by atoms with Crippen LogP contribution in [0.3, 0.4) is 0 Å². The average Bonchev–Trinajstić information content (AvgIpc) is 4.15. The molecule has 64 heavy (non-hydrogen) atoms. The molecule has 4 fully saturated rings. The number of benzene rings is 4. The Morgan fingerprint density at radius 2 is 0.953 bits per heavy atom. The Bertz CT molecular complexity index is 2550. The first-order valence-electron chi connectivity index (χ1n) is 22.5. The van der Waals surface area contributed by atoms with Crippen LogP contribution >= 0.6 is 0 Å². The highest BCUT2D eigenvalue weighted by atomic mass is 16.5. The van der Waals surface area contributed by atoms with E-state index < -0.39 is 24.3 Å². The highest BCUT2D eigenvalue weighted by Crippen LogP contribution is 2.37. The van der Waals surface area contributed by atoms with E-state index >= 15 is 0 Å². The van der Waals surface area contributed by atoms with Crippen molar-refractivity contribution in [2.24, 2.45) is 11.8 Å². The minimum absolute atomic E-state index is 0.116. The summed E-state index contributed by atoms with van der Waals surface area (Å²) in [5.41, 5.74) is 7.50. The van der Waals surface area contributed by atoms with E-state index in [4.69, 9.17) is 19.4 Å². The van der Waals surface area contributed by atoms with E-state index in [1.807, 2.05) is 12.1 Å². The Kier molecular flexibility index (Phi) is 11.4. The van der Waals surface area contributed by atoms with Gasteiger partial charge in [-0.15, -0.1) is 0 Å². The maximum atomic E-state index is 13.9. The normalized spacial score (nSPS) is 20.8. The number of amides is 4. The molecule has 6 N–H and O–H groups in total. The van der Waals surface area contributed by atoms with Gasteiger partial charge < -0.3 is 50.1 Å². The third-order valence-electron chi connectivity index (χ3n) is 13.8. The van der Waals surface area contributed by atoms with Gasteiger partial charge in [0.15, 0.2) is 0 Å². The van der Waals surface area contributed by atoms with E-state index in [2.05, 4.69) is 81.3 Å². The van der Waals surface area contributed by atoms with Crippen molar-refractivity contribution in [1.29, 1.82) is 0 Å². The van der Waals surface area contributed by atoms with Crippen molar-refractivity contribution >= 4 is 56.8 Å². The number of nitrogens with one attached hydrogen (secondary N) is 4. The fourth-order valence-corrected chi connectivity index (χ4v) is 10.5. The SMILES string of the molecule is O=C(O)NC(C(=O)N1CCC[C@H]1c1nc2ccc(-c3ccc4cc(-c5ccc6nc([C@@H]7CCCN7C(=O)C(NC(=O)O)C7CCOCC7)[nH]c6c5)ccc4c3)cc2[nH]1)C1CCOCC1. The first-order chi connectivity index (χ1) is 31.2. The van der Waals surface area contributed by atoms with E-state index in [9.17, 15) is 29.4 Å². The van der Waals surface area contributed by atoms with Gasteiger partial charge >= 0.3 is 12.2 Å². The number of hydrogen-bond acceptors (Lipinski definition) is 8. The molecule has 0 saturated carbocycles. The van der Waals surface area contributed by atoms with Gasteiger partial charge in [0.25, 0.3) is 0 Å². The van der Waals surface area contributed by atoms with Crippen LogP contribution in [0.4, 0.5) is 9.59 Å². The van der Waals surface area contributed by atoms with Crippen LogP contribution in [-0.2, 0) is 19.1 Å². The summed E-state index contributed by atoms with van der Waals surface area (Å²) in [6.45, 7) is 3.14. The number of carboxylic acid groups (broad SMARTS) is 2. The molecule has 16 nitrogen and oxygen atoms in total. The number of carbonyl (C=O) groups excluding carboxylic acids is 2. The van der Waals surface area contributed by atoms with Crippen LogP contribution in [0.25, 0.3) is 55.1 Å². The second-order valence-corrected chi connectivity index (χ2v) is 17.6. The molecule has 4 atom stereocenters. The lowest BCUT2D eigenvalue weighted by atomic mass is 9.90. The van der Waals surface area contributed by atoms with Gasteiger partial charge in [-0.3, -0.25) is 9.59 Å². The zero-order valence-electron chi connectivity index (χ0n) is 35.4. The molecule has 0 spiro atoms. The van der Waals surface area contributed by atoms with Crippen LogP contribution in [0.5, 0.6) is 0 Å². The second-order valence-electron chi connectivity index (χ2n) is 17.6. The molecule has 4 aromatic carbocycles. The summed E-state index contributed by atoms with van der Waals surface area (Å²) >= 11 is 0. The average molecular weight is 869 g/mol. The monoisotopic (exact) mass is 868 g/mol. The predicted molar refractivity (Wildman–Crippen MR) is 238 cm³/mol. The third-order valence-corrected chi connectivity index (χ3v) is 13.8. The van der Waals surface area contributed by atoms with Gasteiger partial charge in [0.1, 0.15) is 23.7 Å². The molecule has 332 valence electrons. The lowest BCUT2D eigenvalue weighted by Crippen LogP contribution is -2.52. The molecule has 6 aromatic rings. The number of likely N-dealkylation sites (tertiary alicyclic amines) is 2. The van der Waals surface area contributed by atoms with Crippen molar-refractivity contribution < 1.29 is 38.9 Å². The van der Waals surface area contributed by atoms with E-state index in [-0.39, 0.29) is 35.7 Å². The predicted octanol–water partition coefficient (Wildman–Crippen LogP) is 7.38. The number of fused-ring (bicyclic) bond motifs is 3. The number of hydrogen-bond donors (Lipinski definition) is 6. The van der Waals surface area contributed by atoms with Gasteiger partial charge in [-0.05, 0) is 133 Å². The summed E-state index contributed by atoms with van der Waals surface area (Å²) in [6, 6.07) is 22.9. The van der Waals surface area contributed by atoms with Gasteiger partial charge in [-0.1, -0.05) is 36.4 Å². The summed E-state index contributed by atoms with van der Waals surface area (Å²) in [5.74, 6) is 0.764. The molecule has 0 aliphatic carbocycles. The lowest BCUT2D eigenvalue weighted by molar-refractivity contribution is -0.137. The zero-order valence-corrected chi connectivity index (χ0v) is 35.4. The number of H-pyrrole nitrogens is 2. The molecular weight excluding hydrogens is 817 g/mol. The number of rotatable bonds is 10. The van der Waals surface area contributed by atoms with Crippen molar-refractivity contribution in [2.45, 2.75) is 75.5 Å². The summed E-state index contributed by atoms with van der Waals surface area (Å²) in [4.78, 5) is 71.7. The van der Waals surface area contributed by atoms with Gasteiger partial charge in [-0.25, -0.2) is 19.6 Å². The molecule has 6 heterocycles. The topological polar surface area (TPSA) is 215 Å². The van der Waals surface area contributed by atoms with Crippen molar-refractivity contribution in [1.82, 2.24) is 40.4 Å². The lowest BCUT2D eigenvalue weighted by Gasteiger charge is -2.33. The number of nitrogens with zero attached hydrogens (tertiary/aromatic N) is 4. The molecule has 4 aliphatic heterocycles. The molecule has 2 unspecified atom stereocenters. The van der Waals surface area contributed by atoms with Crippen LogP contribution in [0.2, 0.25) is 0 Å². The van der Waals surface area contributed by atoms with Crippen LogP contribution in [0, 0.1) is 11.8 Å². The van der Waals surface area contributed by atoms with Gasteiger partial charge in [-0.2, -0.15) is 0 Å². The molecule has 4 aliphatic rings. The third kappa shape index (κ3) is 8.23. The Hall–Kier alpha value is -6.52. The van der Waals surface area contributed by atoms with Gasteiger partial charge in [0.2, 0.25) is 11.8 Å². The highest BCUT2D eigenvalue weighted by molar-refractivity contribution is 5.93. The quantitative estimate of drug-likeness (QED) is 0.0803. The standard InChI is InChI=1S/C48H52N8O8/c57-45(41(53-47(59)60)27-13-19-63-20-14-27)55-17-1-3-39(55)43-49-35-11-9-33(25-37(35)51-43)31-7-5-30-24-32(8-6-29(30)23-31)34-10-12-36-38(26-34)52-44(50-36)40-4-2-18-56(40)46(58)42(54-48(61)62)28-15-21-64-22-16-28/h5-12,23-28,39-42,53-54H,1-4,13-22H2,(H,49,51)(H,50,52)(H,59,60)(H,61,62)/t39-,40-,41?,42?/m0/s1. The molecule has 4 amide bonds. The van der Waals surface area contributed by atoms with Crippen LogP contribution in [0.1, 0.15) is 75.1 Å². The maximum absolute atomic E-state index is 13.9. The molecule has 2 aromatic heterocycles. The van der Waals surface area contributed by atoms with Crippen LogP contribution in [-0.4, -0.2) is 116 Å². The highest BCUT2D eigenvalue weighted by Gasteiger charge is 2.41. The fraction of sp³-hybridized carbons (Fsp3) is 0.417. The van der Waals surface area contributed by atoms with E-state index in [1.165, 1.54) is 0 Å². The summed E-state index contributed by atoms with van der Waals surface area (Å²) in [7, 11) is 0.